The van der Waals surface area contributed by atoms with Crippen molar-refractivity contribution in [3.8, 4) is 0 Å². The molecule has 112 valence electrons. The minimum absolute atomic E-state index is 0. The molecule has 1 aromatic rings. The number of nitrogens with two attached hydrogens (primary N) is 1. The Labute approximate surface area is 139 Å². The van der Waals surface area contributed by atoms with Crippen LogP contribution in [0, 0.1) is 5.92 Å². The maximum atomic E-state index is 12.5. The van der Waals surface area contributed by atoms with Gasteiger partial charge in [0.15, 0.2) is 0 Å². The molecule has 0 bridgehead atoms. The quantitative estimate of drug-likeness (QED) is 0.848. The van der Waals surface area contributed by atoms with Gasteiger partial charge in [-0.1, -0.05) is 11.6 Å². The van der Waals surface area contributed by atoms with Crippen molar-refractivity contribution >= 4 is 45.8 Å². The van der Waals surface area contributed by atoms with Crippen LogP contribution in [-0.4, -0.2) is 29.9 Å². The zero-order valence-corrected chi connectivity index (χ0v) is 14.5. The summed E-state index contributed by atoms with van der Waals surface area (Å²) in [7, 11) is 0. The average Bonchev–Trinajstić information content (AvgIpc) is 2.38. The van der Waals surface area contributed by atoms with Crippen LogP contribution in [0.25, 0.3) is 0 Å². The van der Waals surface area contributed by atoms with Crippen LogP contribution in [0.4, 0.5) is 0 Å². The molecular formula is C14H19BrCl2N2O. The fourth-order valence-electron chi connectivity index (χ4n) is 2.46. The Bertz CT molecular complexity index is 482. The Morgan fingerprint density at radius 3 is 2.85 bits per heavy atom. The largest absolute Gasteiger partial charge is 0.338 e. The number of hydrogen-bond acceptors (Lipinski definition) is 2. The van der Waals surface area contributed by atoms with E-state index in [1.165, 1.54) is 0 Å². The monoisotopic (exact) mass is 380 g/mol. The maximum absolute atomic E-state index is 12.5. The minimum atomic E-state index is 0. The Morgan fingerprint density at radius 2 is 2.25 bits per heavy atom. The Morgan fingerprint density at radius 1 is 1.55 bits per heavy atom. The zero-order chi connectivity index (χ0) is 14.0. The third kappa shape index (κ3) is 4.10. The van der Waals surface area contributed by atoms with E-state index in [9.17, 15) is 4.79 Å². The molecule has 1 aromatic carbocycles. The number of rotatable bonds is 2. The normalized spacial score (nSPS) is 20.2. The van der Waals surface area contributed by atoms with Gasteiger partial charge in [-0.05, 0) is 59.8 Å². The fourth-order valence-corrected chi connectivity index (χ4v) is 3.31. The predicted octanol–water partition coefficient (Wildman–Crippen LogP) is 3.72. The molecule has 20 heavy (non-hydrogen) atoms. The van der Waals surface area contributed by atoms with Gasteiger partial charge < -0.3 is 10.6 Å². The molecule has 1 fully saturated rings. The standard InChI is InChI=1S/C14H18BrClN2O.ClH/c1-9(17)10-3-2-6-18(8-10)14(19)12-5-4-11(16)7-13(12)15;/h4-5,7,9-10H,2-3,6,8,17H2,1H3;1H. The van der Waals surface area contributed by atoms with E-state index in [-0.39, 0.29) is 24.4 Å². The average molecular weight is 382 g/mol. The Balaban J connectivity index is 0.00000200. The first-order valence-corrected chi connectivity index (χ1v) is 7.66. The number of amides is 1. The van der Waals surface area contributed by atoms with Crippen LogP contribution in [0.2, 0.25) is 5.02 Å². The first-order chi connectivity index (χ1) is 8.99. The molecule has 1 saturated heterocycles. The van der Waals surface area contributed by atoms with Crippen LogP contribution in [0.3, 0.4) is 0 Å². The summed E-state index contributed by atoms with van der Waals surface area (Å²) in [5, 5.41) is 0.621. The van der Waals surface area contributed by atoms with Gasteiger partial charge in [-0.15, -0.1) is 12.4 Å². The second-order valence-corrected chi connectivity index (χ2v) is 6.43. The molecule has 2 N–H and O–H groups in total. The van der Waals surface area contributed by atoms with E-state index in [1.807, 2.05) is 11.8 Å². The van der Waals surface area contributed by atoms with Crippen LogP contribution in [0.5, 0.6) is 0 Å². The molecule has 1 aliphatic heterocycles. The van der Waals surface area contributed by atoms with Crippen molar-refractivity contribution in [1.29, 1.82) is 0 Å². The number of benzene rings is 1. The van der Waals surface area contributed by atoms with Crippen molar-refractivity contribution in [3.63, 3.8) is 0 Å². The van der Waals surface area contributed by atoms with Crippen LogP contribution in [0.15, 0.2) is 22.7 Å². The summed E-state index contributed by atoms with van der Waals surface area (Å²) in [4.78, 5) is 14.4. The van der Waals surface area contributed by atoms with E-state index in [2.05, 4.69) is 15.9 Å². The molecule has 6 heteroatoms. The van der Waals surface area contributed by atoms with Crippen molar-refractivity contribution in [1.82, 2.24) is 4.90 Å². The van der Waals surface area contributed by atoms with Crippen LogP contribution >= 0.6 is 39.9 Å². The molecule has 0 spiro atoms. The summed E-state index contributed by atoms with van der Waals surface area (Å²) in [6.45, 7) is 3.56. The lowest BCUT2D eigenvalue weighted by atomic mass is 9.92. The van der Waals surface area contributed by atoms with E-state index < -0.39 is 0 Å². The highest BCUT2D eigenvalue weighted by Gasteiger charge is 2.27. The van der Waals surface area contributed by atoms with Gasteiger partial charge in [-0.3, -0.25) is 4.79 Å². The molecule has 2 unspecified atom stereocenters. The third-order valence-electron chi connectivity index (χ3n) is 3.65. The van der Waals surface area contributed by atoms with Gasteiger partial charge in [0.25, 0.3) is 5.91 Å². The van der Waals surface area contributed by atoms with Crippen molar-refractivity contribution in [2.24, 2.45) is 11.7 Å². The van der Waals surface area contributed by atoms with Crippen molar-refractivity contribution in [2.45, 2.75) is 25.8 Å². The summed E-state index contributed by atoms with van der Waals surface area (Å²) in [6.07, 6.45) is 2.12. The number of halogens is 3. The molecule has 0 aromatic heterocycles. The van der Waals surface area contributed by atoms with Crippen LogP contribution in [0.1, 0.15) is 30.1 Å². The molecule has 0 saturated carbocycles. The lowest BCUT2D eigenvalue weighted by Gasteiger charge is -2.34. The van der Waals surface area contributed by atoms with Gasteiger partial charge in [0.05, 0.1) is 5.56 Å². The molecule has 1 aliphatic rings. The van der Waals surface area contributed by atoms with E-state index in [4.69, 9.17) is 17.3 Å². The second-order valence-electron chi connectivity index (χ2n) is 5.14. The van der Waals surface area contributed by atoms with Gasteiger partial charge in [-0.25, -0.2) is 0 Å². The van der Waals surface area contributed by atoms with E-state index in [1.54, 1.807) is 18.2 Å². The highest BCUT2D eigenvalue weighted by molar-refractivity contribution is 9.10. The molecule has 1 amide bonds. The zero-order valence-electron chi connectivity index (χ0n) is 11.3. The Hall–Kier alpha value is -0.290. The van der Waals surface area contributed by atoms with Crippen molar-refractivity contribution in [2.75, 3.05) is 13.1 Å². The summed E-state index contributed by atoms with van der Waals surface area (Å²) in [5.41, 5.74) is 6.62. The number of likely N-dealkylation sites (tertiary alicyclic amines) is 1. The second kappa shape index (κ2) is 7.64. The molecular weight excluding hydrogens is 363 g/mol. The molecule has 1 heterocycles. The Kier molecular flexibility index (Phi) is 6.79. The van der Waals surface area contributed by atoms with E-state index in [0.29, 0.717) is 16.5 Å². The van der Waals surface area contributed by atoms with Gasteiger partial charge in [0, 0.05) is 28.6 Å². The SMILES string of the molecule is CC(N)C1CCCN(C(=O)c2ccc(Cl)cc2Br)C1.Cl. The minimum Gasteiger partial charge on any atom is -0.338 e. The molecule has 0 aliphatic carbocycles. The van der Waals surface area contributed by atoms with Crippen molar-refractivity contribution < 1.29 is 4.79 Å². The summed E-state index contributed by atoms with van der Waals surface area (Å²) in [5.74, 6) is 0.442. The molecule has 2 atom stereocenters. The highest BCUT2D eigenvalue weighted by atomic mass is 79.9. The number of carbonyl (C=O) groups is 1. The number of nitrogens with zero attached hydrogens (tertiary/aromatic N) is 1. The van der Waals surface area contributed by atoms with Gasteiger partial charge >= 0.3 is 0 Å². The van der Waals surface area contributed by atoms with Crippen LogP contribution in [-0.2, 0) is 0 Å². The van der Waals surface area contributed by atoms with Crippen LogP contribution < -0.4 is 5.73 Å². The lowest BCUT2D eigenvalue weighted by molar-refractivity contribution is 0.0660. The maximum Gasteiger partial charge on any atom is 0.255 e. The third-order valence-corrected chi connectivity index (χ3v) is 4.54. The molecule has 3 nitrogen and oxygen atoms in total. The molecule has 2 rings (SSSR count). The fraction of sp³-hybridized carbons (Fsp3) is 0.500. The topological polar surface area (TPSA) is 46.3 Å². The summed E-state index contributed by atoms with van der Waals surface area (Å²) < 4.78 is 0.743. The summed E-state index contributed by atoms with van der Waals surface area (Å²) in [6, 6.07) is 5.39. The van der Waals surface area contributed by atoms with Gasteiger partial charge in [0.2, 0.25) is 0 Å². The first-order valence-electron chi connectivity index (χ1n) is 6.49. The lowest BCUT2D eigenvalue weighted by Crippen LogP contribution is -2.45. The molecule has 0 radical (unpaired) electrons. The smallest absolute Gasteiger partial charge is 0.255 e. The van der Waals surface area contributed by atoms with E-state index >= 15 is 0 Å². The summed E-state index contributed by atoms with van der Waals surface area (Å²) >= 11 is 9.30. The highest BCUT2D eigenvalue weighted by Crippen LogP contribution is 2.25. The van der Waals surface area contributed by atoms with E-state index in [0.717, 1.165) is 30.4 Å². The van der Waals surface area contributed by atoms with Gasteiger partial charge in [-0.2, -0.15) is 0 Å². The van der Waals surface area contributed by atoms with Gasteiger partial charge in [0.1, 0.15) is 0 Å². The number of piperidine rings is 1. The number of carbonyl (C=O) groups excluding carboxylic acids is 1. The predicted molar refractivity (Wildman–Crippen MR) is 88.7 cm³/mol. The van der Waals surface area contributed by atoms with Crippen molar-refractivity contribution in [3.05, 3.63) is 33.3 Å². The first kappa shape index (κ1) is 17.8. The number of hydrogen-bond donors (Lipinski definition) is 1.